The van der Waals surface area contributed by atoms with Crippen LogP contribution in [0.2, 0.25) is 0 Å². The van der Waals surface area contributed by atoms with Gasteiger partial charge in [0.2, 0.25) is 5.91 Å². The Morgan fingerprint density at radius 1 is 1.14 bits per heavy atom. The largest absolute Gasteiger partial charge is 0.381 e. The van der Waals surface area contributed by atoms with Crippen LogP contribution in [0, 0.1) is 11.7 Å². The molecule has 1 amide bonds. The van der Waals surface area contributed by atoms with E-state index in [9.17, 15) is 9.18 Å². The molecule has 2 aliphatic rings. The van der Waals surface area contributed by atoms with Crippen molar-refractivity contribution in [1.82, 2.24) is 4.90 Å². The van der Waals surface area contributed by atoms with Crippen molar-refractivity contribution >= 4 is 5.91 Å². The molecule has 0 aromatic heterocycles. The summed E-state index contributed by atoms with van der Waals surface area (Å²) in [5.41, 5.74) is 0.999. The summed E-state index contributed by atoms with van der Waals surface area (Å²) in [7, 11) is 0. The zero-order valence-electron chi connectivity index (χ0n) is 13.0. The van der Waals surface area contributed by atoms with E-state index in [2.05, 4.69) is 0 Å². The summed E-state index contributed by atoms with van der Waals surface area (Å²) in [4.78, 5) is 14.9. The minimum absolute atomic E-state index is 0.00220. The summed E-state index contributed by atoms with van der Waals surface area (Å²) in [6, 6.07) is 6.83. The third-order valence-corrected chi connectivity index (χ3v) is 4.84. The maximum absolute atomic E-state index is 13.1. The van der Waals surface area contributed by atoms with Crippen LogP contribution in [0.5, 0.6) is 0 Å². The molecular weight excluding hydrogens is 281 g/mol. The second-order valence-corrected chi connectivity index (χ2v) is 6.44. The molecule has 1 aromatic rings. The molecule has 1 saturated heterocycles. The van der Waals surface area contributed by atoms with Crippen molar-refractivity contribution < 1.29 is 13.9 Å². The molecule has 2 fully saturated rings. The number of nitrogens with zero attached hydrogens (tertiary/aromatic N) is 1. The topological polar surface area (TPSA) is 29.5 Å². The molecule has 1 aromatic carbocycles. The summed E-state index contributed by atoms with van der Waals surface area (Å²) in [5.74, 6) is -0.0143. The van der Waals surface area contributed by atoms with Crippen LogP contribution in [0.4, 0.5) is 4.39 Å². The van der Waals surface area contributed by atoms with Gasteiger partial charge in [0.1, 0.15) is 5.82 Å². The number of amides is 1. The van der Waals surface area contributed by atoms with E-state index in [0.29, 0.717) is 25.8 Å². The molecule has 1 saturated carbocycles. The molecule has 0 N–H and O–H groups in total. The Bertz CT molecular complexity index is 490. The molecule has 1 heterocycles. The Labute approximate surface area is 131 Å². The lowest BCUT2D eigenvalue weighted by Crippen LogP contribution is -2.44. The highest BCUT2D eigenvalue weighted by molar-refractivity contribution is 5.79. The summed E-state index contributed by atoms with van der Waals surface area (Å²) in [6.45, 7) is 1.82. The molecule has 1 aliphatic heterocycles. The molecule has 3 nitrogen and oxygen atoms in total. The molecule has 120 valence electrons. The van der Waals surface area contributed by atoms with Crippen LogP contribution in [0.1, 0.15) is 44.1 Å². The molecule has 3 rings (SSSR count). The standard InChI is InChI=1S/C18H24FNO2/c19-16-8-6-14(7-9-16)12-20(17-4-2-1-3-5-17)18(21)15-10-11-22-13-15/h6-9,15,17H,1-5,10-13H2/t15-/m0/s1. The Kier molecular flexibility index (Phi) is 5.08. The van der Waals surface area contributed by atoms with E-state index in [4.69, 9.17) is 4.74 Å². The highest BCUT2D eigenvalue weighted by Gasteiger charge is 2.32. The van der Waals surface area contributed by atoms with Gasteiger partial charge in [0, 0.05) is 19.2 Å². The van der Waals surface area contributed by atoms with Gasteiger partial charge in [-0.3, -0.25) is 4.79 Å². The molecule has 0 unspecified atom stereocenters. The molecule has 22 heavy (non-hydrogen) atoms. The number of carbonyl (C=O) groups is 1. The fourth-order valence-corrected chi connectivity index (χ4v) is 3.53. The minimum atomic E-state index is -0.233. The molecule has 4 heteroatoms. The Morgan fingerprint density at radius 3 is 2.50 bits per heavy atom. The highest BCUT2D eigenvalue weighted by atomic mass is 19.1. The number of hydrogen-bond acceptors (Lipinski definition) is 2. The third-order valence-electron chi connectivity index (χ3n) is 4.84. The second kappa shape index (κ2) is 7.23. The first-order chi connectivity index (χ1) is 10.7. The predicted molar refractivity (Wildman–Crippen MR) is 82.7 cm³/mol. The van der Waals surface area contributed by atoms with Crippen LogP contribution in [-0.2, 0) is 16.1 Å². The molecule has 0 radical (unpaired) electrons. The molecule has 0 spiro atoms. The van der Waals surface area contributed by atoms with Crippen molar-refractivity contribution in [3.05, 3.63) is 35.6 Å². The predicted octanol–water partition coefficient (Wildman–Crippen LogP) is 3.52. The van der Waals surface area contributed by atoms with Crippen molar-refractivity contribution in [2.24, 2.45) is 5.92 Å². The van der Waals surface area contributed by atoms with Gasteiger partial charge in [-0.2, -0.15) is 0 Å². The van der Waals surface area contributed by atoms with E-state index >= 15 is 0 Å². The van der Waals surface area contributed by atoms with Crippen molar-refractivity contribution in [3.63, 3.8) is 0 Å². The first-order valence-electron chi connectivity index (χ1n) is 8.37. The second-order valence-electron chi connectivity index (χ2n) is 6.44. The maximum atomic E-state index is 13.1. The van der Waals surface area contributed by atoms with Gasteiger partial charge in [-0.05, 0) is 37.0 Å². The first kappa shape index (κ1) is 15.5. The Balaban J connectivity index is 1.75. The van der Waals surface area contributed by atoms with Crippen LogP contribution < -0.4 is 0 Å². The van der Waals surface area contributed by atoms with Gasteiger partial charge >= 0.3 is 0 Å². The molecule has 1 aliphatic carbocycles. The lowest BCUT2D eigenvalue weighted by Gasteiger charge is -2.36. The zero-order chi connectivity index (χ0) is 15.4. The quantitative estimate of drug-likeness (QED) is 0.852. The van der Waals surface area contributed by atoms with E-state index in [1.165, 1.54) is 31.4 Å². The molecule has 1 atom stereocenters. The fraction of sp³-hybridized carbons (Fsp3) is 0.611. The zero-order valence-corrected chi connectivity index (χ0v) is 13.0. The Morgan fingerprint density at radius 2 is 1.86 bits per heavy atom. The SMILES string of the molecule is O=C([C@H]1CCOC1)N(Cc1ccc(F)cc1)C1CCCCC1. The average Bonchev–Trinajstić information content (AvgIpc) is 3.09. The van der Waals surface area contributed by atoms with Gasteiger partial charge in [-0.1, -0.05) is 31.4 Å². The minimum Gasteiger partial charge on any atom is -0.381 e. The lowest BCUT2D eigenvalue weighted by molar-refractivity contribution is -0.139. The van der Waals surface area contributed by atoms with Crippen molar-refractivity contribution in [3.8, 4) is 0 Å². The van der Waals surface area contributed by atoms with Gasteiger partial charge in [-0.15, -0.1) is 0 Å². The smallest absolute Gasteiger partial charge is 0.228 e. The summed E-state index contributed by atoms with van der Waals surface area (Å²) >= 11 is 0. The third kappa shape index (κ3) is 3.67. The van der Waals surface area contributed by atoms with E-state index in [-0.39, 0.29) is 17.6 Å². The normalized spacial score (nSPS) is 22.7. The number of rotatable bonds is 4. The van der Waals surface area contributed by atoms with E-state index < -0.39 is 0 Å². The number of ether oxygens (including phenoxy) is 1. The number of halogens is 1. The first-order valence-corrected chi connectivity index (χ1v) is 8.37. The fourth-order valence-electron chi connectivity index (χ4n) is 3.53. The van der Waals surface area contributed by atoms with E-state index in [0.717, 1.165) is 24.8 Å². The van der Waals surface area contributed by atoms with Crippen LogP contribution in [0.3, 0.4) is 0 Å². The lowest BCUT2D eigenvalue weighted by atomic mass is 9.92. The van der Waals surface area contributed by atoms with Crippen molar-refractivity contribution in [2.75, 3.05) is 13.2 Å². The van der Waals surface area contributed by atoms with Gasteiger partial charge in [-0.25, -0.2) is 4.39 Å². The van der Waals surface area contributed by atoms with Gasteiger partial charge in [0.05, 0.1) is 12.5 Å². The summed E-state index contributed by atoms with van der Waals surface area (Å²) in [6.07, 6.45) is 6.65. The number of benzene rings is 1. The Hall–Kier alpha value is -1.42. The monoisotopic (exact) mass is 305 g/mol. The van der Waals surface area contributed by atoms with Crippen LogP contribution in [0.15, 0.2) is 24.3 Å². The van der Waals surface area contributed by atoms with Crippen LogP contribution in [0.25, 0.3) is 0 Å². The van der Waals surface area contributed by atoms with Crippen LogP contribution >= 0.6 is 0 Å². The van der Waals surface area contributed by atoms with Crippen molar-refractivity contribution in [1.29, 1.82) is 0 Å². The van der Waals surface area contributed by atoms with Gasteiger partial charge in [0.15, 0.2) is 0 Å². The van der Waals surface area contributed by atoms with Gasteiger partial charge < -0.3 is 9.64 Å². The highest BCUT2D eigenvalue weighted by Crippen LogP contribution is 2.27. The van der Waals surface area contributed by atoms with Crippen molar-refractivity contribution in [2.45, 2.75) is 51.1 Å². The van der Waals surface area contributed by atoms with Gasteiger partial charge in [0.25, 0.3) is 0 Å². The van der Waals surface area contributed by atoms with E-state index in [1.54, 1.807) is 12.1 Å². The van der Waals surface area contributed by atoms with Crippen LogP contribution in [-0.4, -0.2) is 30.1 Å². The molecule has 0 bridgehead atoms. The number of hydrogen-bond donors (Lipinski definition) is 0. The molecular formula is C18H24FNO2. The number of carbonyl (C=O) groups excluding carboxylic acids is 1. The summed E-state index contributed by atoms with van der Waals surface area (Å²) in [5, 5.41) is 0. The van der Waals surface area contributed by atoms with E-state index in [1.807, 2.05) is 4.90 Å². The summed E-state index contributed by atoms with van der Waals surface area (Å²) < 4.78 is 18.5. The average molecular weight is 305 g/mol. The maximum Gasteiger partial charge on any atom is 0.228 e.